The minimum Gasteiger partial charge on any atom is -0.307 e. The van der Waals surface area contributed by atoms with E-state index in [9.17, 15) is 4.79 Å². The van der Waals surface area contributed by atoms with Crippen molar-refractivity contribution < 1.29 is 9.63 Å². The Hall–Kier alpha value is -3.35. The molecule has 0 atom stereocenters. The number of amides is 1. The Morgan fingerprint density at radius 3 is 2.70 bits per heavy atom. The summed E-state index contributed by atoms with van der Waals surface area (Å²) in [6.07, 6.45) is 6.06. The molecule has 0 aliphatic rings. The fourth-order valence-corrected chi connectivity index (χ4v) is 2.11. The maximum Gasteiger partial charge on any atom is 0.437 e. The fourth-order valence-electron chi connectivity index (χ4n) is 2.11. The van der Waals surface area contributed by atoms with Gasteiger partial charge >= 0.3 is 6.09 Å². The monoisotopic (exact) mass is 309 g/mol. The number of carbonyl (C=O) groups excluding carboxylic acids is 1. The van der Waals surface area contributed by atoms with Gasteiger partial charge < -0.3 is 4.57 Å². The maximum atomic E-state index is 11.8. The summed E-state index contributed by atoms with van der Waals surface area (Å²) in [5.74, 6) is 0.721. The van der Waals surface area contributed by atoms with Gasteiger partial charge in [-0.2, -0.15) is 5.10 Å². The van der Waals surface area contributed by atoms with E-state index in [1.54, 1.807) is 17.9 Å². The Balaban J connectivity index is 1.66. The van der Waals surface area contributed by atoms with Crippen LogP contribution in [0.15, 0.2) is 66.2 Å². The summed E-state index contributed by atoms with van der Waals surface area (Å²) in [5, 5.41) is 10.4. The molecule has 3 aromatic rings. The lowest BCUT2D eigenvalue weighted by Gasteiger charge is -2.07. The van der Waals surface area contributed by atoms with Crippen LogP contribution >= 0.6 is 0 Å². The Bertz CT molecular complexity index is 806. The number of benzene rings is 1. The summed E-state index contributed by atoms with van der Waals surface area (Å²) in [6.45, 7) is 0. The van der Waals surface area contributed by atoms with Gasteiger partial charge in [0, 0.05) is 19.4 Å². The average molecular weight is 309 g/mol. The van der Waals surface area contributed by atoms with Gasteiger partial charge in [0.1, 0.15) is 5.69 Å². The van der Waals surface area contributed by atoms with Gasteiger partial charge in [0.15, 0.2) is 5.82 Å². The SMILES string of the molecule is Cn1ncc(NC(=O)O/N=C\c2ccccc2)c1-n1cccc1. The minimum absolute atomic E-state index is 0.531. The largest absolute Gasteiger partial charge is 0.437 e. The summed E-state index contributed by atoms with van der Waals surface area (Å²) >= 11 is 0. The van der Waals surface area contributed by atoms with Gasteiger partial charge in [-0.05, 0) is 17.7 Å². The Morgan fingerprint density at radius 2 is 1.96 bits per heavy atom. The van der Waals surface area contributed by atoms with Crippen molar-refractivity contribution in [3.63, 3.8) is 0 Å². The first kappa shape index (κ1) is 14.6. The van der Waals surface area contributed by atoms with Crippen LogP contribution in [0, 0.1) is 0 Å². The highest BCUT2D eigenvalue weighted by atomic mass is 16.7. The zero-order valence-corrected chi connectivity index (χ0v) is 12.5. The van der Waals surface area contributed by atoms with Crippen molar-refractivity contribution in [2.75, 3.05) is 5.32 Å². The third-order valence-corrected chi connectivity index (χ3v) is 3.13. The number of anilines is 1. The Labute approximate surface area is 132 Å². The number of hydrogen-bond acceptors (Lipinski definition) is 4. The third-order valence-electron chi connectivity index (χ3n) is 3.13. The molecule has 1 aromatic carbocycles. The van der Waals surface area contributed by atoms with E-state index in [1.165, 1.54) is 6.21 Å². The molecule has 1 N–H and O–H groups in total. The Kier molecular flexibility index (Phi) is 4.19. The van der Waals surface area contributed by atoms with E-state index >= 15 is 0 Å². The molecule has 0 spiro atoms. The number of aryl methyl sites for hydroxylation is 1. The highest BCUT2D eigenvalue weighted by Gasteiger charge is 2.13. The van der Waals surface area contributed by atoms with Crippen LogP contribution in [0.3, 0.4) is 0 Å². The molecule has 7 nitrogen and oxygen atoms in total. The molecule has 0 unspecified atom stereocenters. The molecule has 0 fully saturated rings. The van der Waals surface area contributed by atoms with Crippen LogP contribution in [0.5, 0.6) is 0 Å². The molecule has 23 heavy (non-hydrogen) atoms. The normalized spacial score (nSPS) is 10.8. The van der Waals surface area contributed by atoms with Crippen molar-refractivity contribution >= 4 is 18.0 Å². The standard InChI is InChI=1S/C16H15N5O2/c1-20-15(21-9-5-6-10-21)14(12-17-20)19-16(22)23-18-11-13-7-3-2-4-8-13/h2-12H,1H3,(H,19,22)/b18-11-. The van der Waals surface area contributed by atoms with E-state index in [2.05, 4.69) is 15.6 Å². The van der Waals surface area contributed by atoms with Gasteiger partial charge in [-0.1, -0.05) is 35.5 Å². The molecule has 0 bridgehead atoms. The van der Waals surface area contributed by atoms with E-state index in [1.807, 2.05) is 59.4 Å². The van der Waals surface area contributed by atoms with E-state index in [0.717, 1.165) is 11.4 Å². The van der Waals surface area contributed by atoms with Gasteiger partial charge in [-0.25, -0.2) is 4.79 Å². The molecule has 0 radical (unpaired) electrons. The zero-order valence-electron chi connectivity index (χ0n) is 12.5. The smallest absolute Gasteiger partial charge is 0.307 e. The molecule has 7 heteroatoms. The lowest BCUT2D eigenvalue weighted by Crippen LogP contribution is -2.13. The third kappa shape index (κ3) is 3.46. The van der Waals surface area contributed by atoms with Crippen molar-refractivity contribution in [1.29, 1.82) is 0 Å². The summed E-state index contributed by atoms with van der Waals surface area (Å²) in [6, 6.07) is 13.1. The summed E-state index contributed by atoms with van der Waals surface area (Å²) < 4.78 is 3.50. The van der Waals surface area contributed by atoms with Crippen LogP contribution in [0.2, 0.25) is 0 Å². The fraction of sp³-hybridized carbons (Fsp3) is 0.0625. The predicted molar refractivity (Wildman–Crippen MR) is 86.7 cm³/mol. The first-order valence-corrected chi connectivity index (χ1v) is 6.96. The van der Waals surface area contributed by atoms with E-state index in [-0.39, 0.29) is 0 Å². The predicted octanol–water partition coefficient (Wildman–Crippen LogP) is 2.79. The minimum atomic E-state index is -0.682. The van der Waals surface area contributed by atoms with Gasteiger partial charge in [-0.15, -0.1) is 0 Å². The van der Waals surface area contributed by atoms with Crippen molar-refractivity contribution in [2.45, 2.75) is 0 Å². The molecular formula is C16H15N5O2. The van der Waals surface area contributed by atoms with Gasteiger partial charge in [-0.3, -0.25) is 14.8 Å². The molecule has 0 aliphatic carbocycles. The molecule has 3 rings (SSSR count). The summed E-state index contributed by atoms with van der Waals surface area (Å²) in [7, 11) is 1.79. The summed E-state index contributed by atoms with van der Waals surface area (Å²) in [5.41, 5.74) is 1.37. The van der Waals surface area contributed by atoms with E-state index < -0.39 is 6.09 Å². The number of aromatic nitrogens is 3. The molecule has 2 aromatic heterocycles. The van der Waals surface area contributed by atoms with Crippen molar-refractivity contribution in [1.82, 2.24) is 14.3 Å². The number of carbonyl (C=O) groups is 1. The molecule has 0 saturated heterocycles. The van der Waals surface area contributed by atoms with Crippen LogP contribution in [-0.2, 0) is 11.9 Å². The van der Waals surface area contributed by atoms with Gasteiger partial charge in [0.2, 0.25) is 0 Å². The lowest BCUT2D eigenvalue weighted by molar-refractivity contribution is 0.167. The molecule has 2 heterocycles. The van der Waals surface area contributed by atoms with Crippen LogP contribution in [0.25, 0.3) is 5.82 Å². The molecular weight excluding hydrogens is 294 g/mol. The van der Waals surface area contributed by atoms with Crippen LogP contribution < -0.4 is 5.32 Å². The van der Waals surface area contributed by atoms with E-state index in [0.29, 0.717) is 5.69 Å². The Morgan fingerprint density at radius 1 is 1.22 bits per heavy atom. The van der Waals surface area contributed by atoms with Crippen LogP contribution in [0.1, 0.15) is 5.56 Å². The molecule has 0 aliphatic heterocycles. The maximum absolute atomic E-state index is 11.8. The van der Waals surface area contributed by atoms with Crippen LogP contribution in [0.4, 0.5) is 10.5 Å². The number of oxime groups is 1. The summed E-state index contributed by atoms with van der Waals surface area (Å²) in [4.78, 5) is 16.6. The van der Waals surface area contributed by atoms with Crippen LogP contribution in [-0.4, -0.2) is 26.7 Å². The molecule has 1 amide bonds. The second kappa shape index (κ2) is 6.61. The van der Waals surface area contributed by atoms with Crippen molar-refractivity contribution in [3.05, 3.63) is 66.6 Å². The quantitative estimate of drug-likeness (QED) is 0.457. The van der Waals surface area contributed by atoms with E-state index in [4.69, 9.17) is 4.84 Å². The highest BCUT2D eigenvalue weighted by molar-refractivity contribution is 5.87. The highest BCUT2D eigenvalue weighted by Crippen LogP contribution is 2.19. The number of nitrogens with zero attached hydrogens (tertiary/aromatic N) is 4. The van der Waals surface area contributed by atoms with Gasteiger partial charge in [0.25, 0.3) is 0 Å². The first-order chi connectivity index (χ1) is 11.2. The zero-order chi connectivity index (χ0) is 16.1. The number of nitrogens with one attached hydrogen (secondary N) is 1. The molecule has 116 valence electrons. The number of rotatable bonds is 4. The second-order valence-electron chi connectivity index (χ2n) is 4.74. The average Bonchev–Trinajstić information content (AvgIpc) is 3.18. The molecule has 0 saturated carbocycles. The topological polar surface area (TPSA) is 73.4 Å². The van der Waals surface area contributed by atoms with Crippen molar-refractivity contribution in [2.24, 2.45) is 12.2 Å². The number of hydrogen-bond donors (Lipinski definition) is 1. The first-order valence-electron chi connectivity index (χ1n) is 6.96. The lowest BCUT2D eigenvalue weighted by atomic mass is 10.2. The van der Waals surface area contributed by atoms with Crippen molar-refractivity contribution in [3.8, 4) is 5.82 Å². The second-order valence-corrected chi connectivity index (χ2v) is 4.74. The van der Waals surface area contributed by atoms with Gasteiger partial charge in [0.05, 0.1) is 12.4 Å².